The fourth-order valence-electron chi connectivity index (χ4n) is 1.40. The van der Waals surface area contributed by atoms with Crippen LogP contribution in [0.5, 0.6) is 0 Å². The molecule has 0 unspecified atom stereocenters. The molecule has 0 atom stereocenters. The molecule has 1 saturated heterocycles. The minimum Gasteiger partial charge on any atom is -0.395 e. The van der Waals surface area contributed by atoms with Gasteiger partial charge in [-0.3, -0.25) is 4.68 Å². The quantitative estimate of drug-likeness (QED) is 0.781. The Morgan fingerprint density at radius 3 is 2.85 bits per heavy atom. The Labute approximate surface area is 81.6 Å². The Morgan fingerprint density at radius 1 is 1.77 bits per heavy atom. The molecule has 0 saturated carbocycles. The highest BCUT2D eigenvalue weighted by atomic mass is 35.5. The summed E-state index contributed by atoms with van der Waals surface area (Å²) in [6.45, 7) is 4.44. The minimum absolute atomic E-state index is 0.169. The van der Waals surface area contributed by atoms with Gasteiger partial charge in [0.25, 0.3) is 0 Å². The number of rotatable bonds is 2. The van der Waals surface area contributed by atoms with Gasteiger partial charge in [0.15, 0.2) is 0 Å². The number of nitrogen functional groups attached to an aromatic ring is 1. The van der Waals surface area contributed by atoms with E-state index in [-0.39, 0.29) is 5.41 Å². The first-order valence-electron chi connectivity index (χ1n) is 4.15. The fraction of sp³-hybridized carbons (Fsp3) is 0.625. The molecule has 1 aromatic heterocycles. The van der Waals surface area contributed by atoms with Crippen LogP contribution in [-0.2, 0) is 11.3 Å². The van der Waals surface area contributed by atoms with Crippen molar-refractivity contribution in [3.05, 3.63) is 11.3 Å². The van der Waals surface area contributed by atoms with Crippen molar-refractivity contribution >= 4 is 17.3 Å². The Morgan fingerprint density at radius 2 is 2.46 bits per heavy atom. The van der Waals surface area contributed by atoms with Crippen molar-refractivity contribution in [1.82, 2.24) is 9.78 Å². The molecule has 1 aromatic rings. The van der Waals surface area contributed by atoms with Crippen LogP contribution >= 0.6 is 11.6 Å². The maximum absolute atomic E-state index is 5.93. The second-order valence-electron chi connectivity index (χ2n) is 3.85. The molecule has 2 heterocycles. The summed E-state index contributed by atoms with van der Waals surface area (Å²) in [6.07, 6.45) is 1.57. The molecule has 13 heavy (non-hydrogen) atoms. The summed E-state index contributed by atoms with van der Waals surface area (Å²) in [5, 5.41) is 4.61. The van der Waals surface area contributed by atoms with E-state index >= 15 is 0 Å². The molecule has 0 aromatic carbocycles. The van der Waals surface area contributed by atoms with Crippen molar-refractivity contribution in [2.75, 3.05) is 18.9 Å². The monoisotopic (exact) mass is 201 g/mol. The smallest absolute Gasteiger partial charge is 0.150 e. The third-order valence-electron chi connectivity index (χ3n) is 2.23. The zero-order chi connectivity index (χ0) is 9.47. The normalized spacial score (nSPS) is 19.8. The van der Waals surface area contributed by atoms with Crippen LogP contribution in [0.4, 0.5) is 5.69 Å². The summed E-state index contributed by atoms with van der Waals surface area (Å²) in [6, 6.07) is 0. The van der Waals surface area contributed by atoms with Gasteiger partial charge in [-0.2, -0.15) is 5.10 Å². The van der Waals surface area contributed by atoms with Crippen LogP contribution in [0, 0.1) is 5.41 Å². The summed E-state index contributed by atoms with van der Waals surface area (Å²) in [5.74, 6) is 0. The second kappa shape index (κ2) is 2.89. The van der Waals surface area contributed by atoms with E-state index in [0.717, 1.165) is 19.8 Å². The predicted molar refractivity (Wildman–Crippen MR) is 50.6 cm³/mol. The third kappa shape index (κ3) is 1.51. The van der Waals surface area contributed by atoms with Crippen LogP contribution in [-0.4, -0.2) is 23.0 Å². The van der Waals surface area contributed by atoms with Gasteiger partial charge in [-0.15, -0.1) is 0 Å². The van der Waals surface area contributed by atoms with Gasteiger partial charge in [-0.25, -0.2) is 0 Å². The zero-order valence-electron chi connectivity index (χ0n) is 7.46. The first-order chi connectivity index (χ1) is 6.11. The molecular formula is C8H12ClN3O. The summed E-state index contributed by atoms with van der Waals surface area (Å²) in [4.78, 5) is 0. The van der Waals surface area contributed by atoms with Crippen LogP contribution in [0.1, 0.15) is 6.92 Å². The molecule has 0 spiro atoms. The standard InChI is InChI=1S/C8H12ClN3O/c1-8(4-13-5-8)3-12-7(9)6(10)2-11-12/h2H,3-5,10H2,1H3. The lowest BCUT2D eigenvalue weighted by Crippen LogP contribution is -2.43. The molecular weight excluding hydrogens is 190 g/mol. The van der Waals surface area contributed by atoms with Crippen LogP contribution in [0.25, 0.3) is 0 Å². The highest BCUT2D eigenvalue weighted by Gasteiger charge is 2.34. The second-order valence-corrected chi connectivity index (χ2v) is 4.21. The van der Waals surface area contributed by atoms with Crippen molar-refractivity contribution in [3.63, 3.8) is 0 Å². The van der Waals surface area contributed by atoms with Crippen LogP contribution < -0.4 is 5.73 Å². The largest absolute Gasteiger partial charge is 0.395 e. The first kappa shape index (κ1) is 8.84. The minimum atomic E-state index is 0.169. The Hall–Kier alpha value is -0.740. The summed E-state index contributed by atoms with van der Waals surface area (Å²) < 4.78 is 6.86. The summed E-state index contributed by atoms with van der Waals surface area (Å²) in [7, 11) is 0. The topological polar surface area (TPSA) is 53.1 Å². The molecule has 0 bridgehead atoms. The zero-order valence-corrected chi connectivity index (χ0v) is 8.21. The molecule has 1 aliphatic heterocycles. The molecule has 0 aliphatic carbocycles. The highest BCUT2D eigenvalue weighted by Crippen LogP contribution is 2.30. The lowest BCUT2D eigenvalue weighted by atomic mass is 9.89. The Bertz CT molecular complexity index is 319. The van der Waals surface area contributed by atoms with E-state index in [9.17, 15) is 0 Å². The average molecular weight is 202 g/mol. The van der Waals surface area contributed by atoms with Gasteiger partial charge in [-0.05, 0) is 0 Å². The van der Waals surface area contributed by atoms with Gasteiger partial charge in [-0.1, -0.05) is 18.5 Å². The molecule has 5 heteroatoms. The molecule has 1 fully saturated rings. The number of aromatic nitrogens is 2. The number of hydrogen-bond donors (Lipinski definition) is 1. The van der Waals surface area contributed by atoms with Gasteiger partial charge in [0.1, 0.15) is 5.15 Å². The molecule has 0 radical (unpaired) electrons. The van der Waals surface area contributed by atoms with E-state index < -0.39 is 0 Å². The van der Waals surface area contributed by atoms with E-state index in [0.29, 0.717) is 10.8 Å². The Balaban J connectivity index is 2.13. The van der Waals surface area contributed by atoms with Crippen molar-refractivity contribution in [2.45, 2.75) is 13.5 Å². The van der Waals surface area contributed by atoms with Gasteiger partial charge >= 0.3 is 0 Å². The van der Waals surface area contributed by atoms with E-state index in [2.05, 4.69) is 12.0 Å². The van der Waals surface area contributed by atoms with Gasteiger partial charge in [0, 0.05) is 5.41 Å². The Kier molecular flexibility index (Phi) is 1.96. The highest BCUT2D eigenvalue weighted by molar-refractivity contribution is 6.31. The number of anilines is 1. The molecule has 72 valence electrons. The van der Waals surface area contributed by atoms with E-state index in [1.54, 1.807) is 10.9 Å². The predicted octanol–water partition coefficient (Wildman–Crippen LogP) is 1.16. The van der Waals surface area contributed by atoms with E-state index in [1.165, 1.54) is 0 Å². The molecule has 1 aliphatic rings. The van der Waals surface area contributed by atoms with Crippen molar-refractivity contribution in [3.8, 4) is 0 Å². The lowest BCUT2D eigenvalue weighted by molar-refractivity contribution is -0.111. The summed E-state index contributed by atoms with van der Waals surface area (Å²) >= 11 is 5.93. The van der Waals surface area contributed by atoms with Crippen molar-refractivity contribution in [1.29, 1.82) is 0 Å². The fourth-order valence-corrected chi connectivity index (χ4v) is 1.55. The van der Waals surface area contributed by atoms with Crippen LogP contribution in [0.15, 0.2) is 6.20 Å². The third-order valence-corrected chi connectivity index (χ3v) is 2.65. The molecule has 2 N–H and O–H groups in total. The van der Waals surface area contributed by atoms with Crippen LogP contribution in [0.3, 0.4) is 0 Å². The van der Waals surface area contributed by atoms with E-state index in [4.69, 9.17) is 22.1 Å². The number of nitrogens with two attached hydrogens (primary N) is 1. The van der Waals surface area contributed by atoms with Crippen molar-refractivity contribution < 1.29 is 4.74 Å². The summed E-state index contributed by atoms with van der Waals surface area (Å²) in [5.41, 5.74) is 6.27. The van der Waals surface area contributed by atoms with Gasteiger partial charge < -0.3 is 10.5 Å². The lowest BCUT2D eigenvalue weighted by Gasteiger charge is -2.37. The average Bonchev–Trinajstić information content (AvgIpc) is 2.33. The number of nitrogens with zero attached hydrogens (tertiary/aromatic N) is 2. The maximum Gasteiger partial charge on any atom is 0.150 e. The molecule has 2 rings (SSSR count). The van der Waals surface area contributed by atoms with Crippen LogP contribution in [0.2, 0.25) is 5.15 Å². The SMILES string of the molecule is CC1(Cn2ncc(N)c2Cl)COC1. The molecule has 0 amide bonds. The van der Waals surface area contributed by atoms with Gasteiger partial charge in [0.2, 0.25) is 0 Å². The first-order valence-corrected chi connectivity index (χ1v) is 4.53. The maximum atomic E-state index is 5.93. The number of halogens is 1. The molecule has 4 nitrogen and oxygen atoms in total. The number of ether oxygens (including phenoxy) is 1. The van der Waals surface area contributed by atoms with Crippen molar-refractivity contribution in [2.24, 2.45) is 5.41 Å². The van der Waals surface area contributed by atoms with Gasteiger partial charge in [0.05, 0.1) is 31.6 Å². The van der Waals surface area contributed by atoms with E-state index in [1.807, 2.05) is 0 Å². The number of hydrogen-bond acceptors (Lipinski definition) is 3.